The number of nitrogens with one attached hydrogen (secondary N) is 1. The van der Waals surface area contributed by atoms with Gasteiger partial charge in [0.2, 0.25) is 0 Å². The van der Waals surface area contributed by atoms with Crippen LogP contribution >= 0.6 is 0 Å². The number of hydrogen-bond donors (Lipinski definition) is 2. The number of nitrogens with zero attached hydrogens (tertiary/aromatic N) is 1. The molecule has 0 amide bonds. The molecule has 98 valence electrons. The Morgan fingerprint density at radius 3 is 2.72 bits per heavy atom. The van der Waals surface area contributed by atoms with E-state index in [4.69, 9.17) is 5.73 Å². The summed E-state index contributed by atoms with van der Waals surface area (Å²) in [5.74, 6) is 0. The van der Waals surface area contributed by atoms with Crippen molar-refractivity contribution < 1.29 is 4.92 Å². The molecule has 2 rings (SSSR count). The minimum atomic E-state index is -0.420. The maximum absolute atomic E-state index is 11.0. The Morgan fingerprint density at radius 1 is 1.50 bits per heavy atom. The van der Waals surface area contributed by atoms with E-state index in [-0.39, 0.29) is 11.4 Å². The first-order valence-electron chi connectivity index (χ1n) is 6.35. The van der Waals surface area contributed by atoms with Gasteiger partial charge in [-0.2, -0.15) is 0 Å². The molecule has 0 heterocycles. The quantitative estimate of drug-likeness (QED) is 0.477. The average Bonchev–Trinajstić information content (AvgIpc) is 2.27. The highest BCUT2D eigenvalue weighted by Gasteiger charge is 2.35. The van der Waals surface area contributed by atoms with Crippen LogP contribution in [0, 0.1) is 15.5 Å². The van der Waals surface area contributed by atoms with E-state index in [1.165, 1.54) is 19.3 Å². The second-order valence-electron chi connectivity index (χ2n) is 5.06. The van der Waals surface area contributed by atoms with Crippen molar-refractivity contribution in [2.24, 2.45) is 5.41 Å². The molecule has 1 aromatic carbocycles. The number of para-hydroxylation sites is 1. The van der Waals surface area contributed by atoms with Gasteiger partial charge >= 0.3 is 5.69 Å². The predicted molar refractivity (Wildman–Crippen MR) is 72.6 cm³/mol. The Kier molecular flexibility index (Phi) is 3.41. The summed E-state index contributed by atoms with van der Waals surface area (Å²) in [6.45, 7) is 2.96. The molecule has 1 aliphatic rings. The summed E-state index contributed by atoms with van der Waals surface area (Å²) < 4.78 is 0. The first-order chi connectivity index (χ1) is 8.58. The van der Waals surface area contributed by atoms with Crippen LogP contribution in [0.3, 0.4) is 0 Å². The zero-order valence-electron chi connectivity index (χ0n) is 10.6. The predicted octanol–water partition coefficient (Wildman–Crippen LogP) is 3.17. The van der Waals surface area contributed by atoms with Crippen LogP contribution in [0.2, 0.25) is 0 Å². The van der Waals surface area contributed by atoms with E-state index in [0.717, 1.165) is 13.0 Å². The molecular weight excluding hydrogens is 230 g/mol. The summed E-state index contributed by atoms with van der Waals surface area (Å²) in [6, 6.07) is 5.02. The van der Waals surface area contributed by atoms with Gasteiger partial charge in [0.25, 0.3) is 0 Å². The normalized spacial score (nSPS) is 16.9. The lowest BCUT2D eigenvalue weighted by atomic mass is 9.67. The van der Waals surface area contributed by atoms with Gasteiger partial charge in [-0.15, -0.1) is 0 Å². The van der Waals surface area contributed by atoms with Crippen LogP contribution in [-0.2, 0) is 0 Å². The Balaban J connectivity index is 2.14. The number of nitrogen functional groups attached to an aromatic ring is 1. The molecule has 5 nitrogen and oxygen atoms in total. The first-order valence-corrected chi connectivity index (χ1v) is 6.35. The van der Waals surface area contributed by atoms with Crippen molar-refractivity contribution in [3.63, 3.8) is 0 Å². The molecule has 5 heteroatoms. The Bertz CT molecular complexity index is 450. The smallest absolute Gasteiger partial charge is 0.314 e. The lowest BCUT2D eigenvalue weighted by molar-refractivity contribution is -0.383. The fourth-order valence-corrected chi connectivity index (χ4v) is 2.52. The zero-order valence-corrected chi connectivity index (χ0v) is 10.6. The molecule has 0 spiro atoms. The van der Waals surface area contributed by atoms with Crippen molar-refractivity contribution in [3.8, 4) is 0 Å². The van der Waals surface area contributed by atoms with E-state index in [0.29, 0.717) is 11.1 Å². The molecule has 0 unspecified atom stereocenters. The lowest BCUT2D eigenvalue weighted by Crippen LogP contribution is -2.35. The average molecular weight is 249 g/mol. The highest BCUT2D eigenvalue weighted by Crippen LogP contribution is 2.44. The number of benzene rings is 1. The van der Waals surface area contributed by atoms with E-state index in [2.05, 4.69) is 12.2 Å². The maximum Gasteiger partial charge on any atom is 0.314 e. The van der Waals surface area contributed by atoms with Gasteiger partial charge in [-0.25, -0.2) is 0 Å². The van der Waals surface area contributed by atoms with Crippen molar-refractivity contribution in [1.82, 2.24) is 0 Å². The van der Waals surface area contributed by atoms with Crippen LogP contribution < -0.4 is 11.1 Å². The highest BCUT2D eigenvalue weighted by atomic mass is 16.6. The van der Waals surface area contributed by atoms with Crippen LogP contribution in [0.5, 0.6) is 0 Å². The van der Waals surface area contributed by atoms with Crippen LogP contribution in [0.15, 0.2) is 18.2 Å². The Morgan fingerprint density at radius 2 is 2.22 bits per heavy atom. The molecule has 1 saturated carbocycles. The molecule has 1 fully saturated rings. The summed E-state index contributed by atoms with van der Waals surface area (Å²) in [5.41, 5.74) is 6.71. The fraction of sp³-hybridized carbons (Fsp3) is 0.538. The minimum absolute atomic E-state index is 0.0110. The summed E-state index contributed by atoms with van der Waals surface area (Å²) >= 11 is 0. The van der Waals surface area contributed by atoms with Gasteiger partial charge in [0, 0.05) is 6.54 Å². The van der Waals surface area contributed by atoms with Crippen molar-refractivity contribution >= 4 is 17.1 Å². The largest absolute Gasteiger partial charge is 0.393 e. The van der Waals surface area contributed by atoms with Crippen LogP contribution in [0.1, 0.15) is 32.6 Å². The number of anilines is 2. The summed E-state index contributed by atoms with van der Waals surface area (Å²) in [4.78, 5) is 10.6. The molecular formula is C13H19N3O2. The third-order valence-corrected chi connectivity index (χ3v) is 4.07. The van der Waals surface area contributed by atoms with E-state index in [9.17, 15) is 10.1 Å². The summed E-state index contributed by atoms with van der Waals surface area (Å²) in [7, 11) is 0. The summed E-state index contributed by atoms with van der Waals surface area (Å²) in [5, 5.41) is 14.2. The third-order valence-electron chi connectivity index (χ3n) is 4.07. The monoisotopic (exact) mass is 249 g/mol. The number of rotatable bonds is 5. The second-order valence-corrected chi connectivity index (χ2v) is 5.06. The van der Waals surface area contributed by atoms with Gasteiger partial charge in [-0.3, -0.25) is 10.1 Å². The van der Waals surface area contributed by atoms with Crippen molar-refractivity contribution in [3.05, 3.63) is 28.3 Å². The van der Waals surface area contributed by atoms with E-state index >= 15 is 0 Å². The second kappa shape index (κ2) is 4.84. The maximum atomic E-state index is 11.0. The molecule has 0 bridgehead atoms. The minimum Gasteiger partial charge on any atom is -0.393 e. The molecule has 0 aromatic heterocycles. The third kappa shape index (κ3) is 2.25. The molecule has 1 aliphatic carbocycles. The topological polar surface area (TPSA) is 81.2 Å². The Labute approximate surface area is 107 Å². The van der Waals surface area contributed by atoms with Gasteiger partial charge in [-0.05, 0) is 36.8 Å². The number of nitrogens with two attached hydrogens (primary N) is 1. The molecule has 0 aliphatic heterocycles. The number of nitro benzene ring substituents is 1. The SMILES string of the molecule is CCC1(CNc2cccc(N)c2[N+](=O)[O-])CCC1. The van der Waals surface area contributed by atoms with E-state index in [1.54, 1.807) is 18.2 Å². The van der Waals surface area contributed by atoms with Gasteiger partial charge in [-0.1, -0.05) is 19.4 Å². The van der Waals surface area contributed by atoms with Crippen molar-refractivity contribution in [2.75, 3.05) is 17.6 Å². The van der Waals surface area contributed by atoms with Gasteiger partial charge in [0.05, 0.1) is 4.92 Å². The zero-order chi connectivity index (χ0) is 13.2. The van der Waals surface area contributed by atoms with E-state index in [1.807, 2.05) is 0 Å². The number of hydrogen-bond acceptors (Lipinski definition) is 4. The molecule has 18 heavy (non-hydrogen) atoms. The van der Waals surface area contributed by atoms with Gasteiger partial charge in [0.1, 0.15) is 11.4 Å². The van der Waals surface area contributed by atoms with Crippen LogP contribution in [0.4, 0.5) is 17.1 Å². The Hall–Kier alpha value is -1.78. The highest BCUT2D eigenvalue weighted by molar-refractivity contribution is 5.74. The van der Waals surface area contributed by atoms with Crippen LogP contribution in [-0.4, -0.2) is 11.5 Å². The van der Waals surface area contributed by atoms with Crippen LogP contribution in [0.25, 0.3) is 0 Å². The molecule has 3 N–H and O–H groups in total. The molecule has 1 aromatic rings. The van der Waals surface area contributed by atoms with Crippen molar-refractivity contribution in [2.45, 2.75) is 32.6 Å². The number of nitro groups is 1. The first kappa shape index (κ1) is 12.7. The fourth-order valence-electron chi connectivity index (χ4n) is 2.52. The summed E-state index contributed by atoms with van der Waals surface area (Å²) in [6.07, 6.45) is 4.77. The van der Waals surface area contributed by atoms with Gasteiger partial charge < -0.3 is 11.1 Å². The lowest BCUT2D eigenvalue weighted by Gasteiger charge is -2.41. The van der Waals surface area contributed by atoms with Gasteiger partial charge in [0.15, 0.2) is 0 Å². The van der Waals surface area contributed by atoms with Crippen molar-refractivity contribution in [1.29, 1.82) is 0 Å². The molecule has 0 radical (unpaired) electrons. The van der Waals surface area contributed by atoms with E-state index < -0.39 is 4.92 Å². The molecule has 0 saturated heterocycles. The standard InChI is InChI=1S/C13H19N3O2/c1-2-13(7-4-8-13)9-15-11-6-3-5-10(14)12(11)16(17)18/h3,5-6,15H,2,4,7-9,14H2,1H3. The molecule has 0 atom stereocenters.